The molecule has 0 aliphatic carbocycles. The highest BCUT2D eigenvalue weighted by Gasteiger charge is 2.29. The summed E-state index contributed by atoms with van der Waals surface area (Å²) in [6.07, 6.45) is 6.49. The fraction of sp³-hybridized carbons (Fsp3) is 0.600. The predicted molar refractivity (Wildman–Crippen MR) is 79.0 cm³/mol. The molecule has 2 aliphatic rings. The Hall–Kier alpha value is -1.13. The van der Waals surface area contributed by atoms with Crippen molar-refractivity contribution in [3.63, 3.8) is 0 Å². The number of pyridine rings is 1. The lowest BCUT2D eigenvalue weighted by molar-refractivity contribution is 0.0608. The highest BCUT2D eigenvalue weighted by molar-refractivity contribution is 6.29. The number of piperidine rings is 1. The normalized spacial score (nSPS) is 24.1. The van der Waals surface area contributed by atoms with E-state index in [0.717, 1.165) is 19.5 Å². The van der Waals surface area contributed by atoms with Crippen molar-refractivity contribution in [2.24, 2.45) is 0 Å². The molecule has 1 aromatic heterocycles. The third-order valence-corrected chi connectivity index (χ3v) is 4.52. The average Bonchev–Trinajstić information content (AvgIpc) is 3.01. The molecule has 0 spiro atoms. The largest absolute Gasteiger partial charge is 0.337 e. The number of carbonyl (C=O) groups is 1. The first-order valence-corrected chi connectivity index (χ1v) is 7.77. The number of likely N-dealkylation sites (tertiary alicyclic amines) is 2. The molecule has 1 unspecified atom stereocenters. The van der Waals surface area contributed by atoms with Crippen molar-refractivity contribution in [1.82, 2.24) is 14.8 Å². The van der Waals surface area contributed by atoms with Gasteiger partial charge in [0.1, 0.15) is 5.15 Å². The summed E-state index contributed by atoms with van der Waals surface area (Å²) in [5, 5.41) is 0.379. The first kappa shape index (κ1) is 13.8. The predicted octanol–water partition coefficient (Wildman–Crippen LogP) is 2.44. The fourth-order valence-corrected chi connectivity index (χ4v) is 3.44. The van der Waals surface area contributed by atoms with Gasteiger partial charge < -0.3 is 4.90 Å². The molecule has 0 bridgehead atoms. The van der Waals surface area contributed by atoms with Crippen molar-refractivity contribution in [2.75, 3.05) is 26.2 Å². The highest BCUT2D eigenvalue weighted by Crippen LogP contribution is 2.22. The van der Waals surface area contributed by atoms with Gasteiger partial charge in [-0.05, 0) is 50.9 Å². The molecule has 2 fully saturated rings. The molecular weight excluding hydrogens is 274 g/mol. The Kier molecular flexibility index (Phi) is 4.22. The second-order valence-corrected chi connectivity index (χ2v) is 6.04. The summed E-state index contributed by atoms with van der Waals surface area (Å²) in [5.41, 5.74) is 0.645. The number of nitrogens with zero attached hydrogens (tertiary/aromatic N) is 3. The van der Waals surface area contributed by atoms with Crippen LogP contribution in [-0.2, 0) is 0 Å². The summed E-state index contributed by atoms with van der Waals surface area (Å²) in [5.74, 6) is 0.0817. The molecule has 3 heterocycles. The SMILES string of the molecule is O=C(c1ccnc(Cl)c1)N1CCCC(N2CCCC2)C1. The van der Waals surface area contributed by atoms with E-state index in [-0.39, 0.29) is 5.91 Å². The minimum atomic E-state index is 0.0817. The lowest BCUT2D eigenvalue weighted by Crippen LogP contribution is -2.49. The molecule has 0 aromatic carbocycles. The van der Waals surface area contributed by atoms with E-state index in [1.54, 1.807) is 18.3 Å². The summed E-state index contributed by atoms with van der Waals surface area (Å²) < 4.78 is 0. The Bertz CT molecular complexity index is 488. The molecule has 2 aliphatic heterocycles. The van der Waals surface area contributed by atoms with Crippen LogP contribution in [0.5, 0.6) is 0 Å². The van der Waals surface area contributed by atoms with Crippen LogP contribution < -0.4 is 0 Å². The Labute approximate surface area is 124 Å². The number of halogens is 1. The van der Waals surface area contributed by atoms with Crippen LogP contribution in [0.25, 0.3) is 0 Å². The van der Waals surface area contributed by atoms with Crippen LogP contribution in [0.3, 0.4) is 0 Å². The summed E-state index contributed by atoms with van der Waals surface area (Å²) in [6, 6.07) is 3.93. The zero-order chi connectivity index (χ0) is 13.9. The average molecular weight is 294 g/mol. The fourth-order valence-electron chi connectivity index (χ4n) is 3.26. The van der Waals surface area contributed by atoms with Crippen molar-refractivity contribution in [2.45, 2.75) is 31.7 Å². The standard InChI is InChI=1S/C15H20ClN3O/c16-14-10-12(5-6-17-14)15(20)19-9-3-4-13(11-19)18-7-1-2-8-18/h5-6,10,13H,1-4,7-9,11H2. The molecule has 2 saturated heterocycles. The van der Waals surface area contributed by atoms with Crippen LogP contribution in [0.4, 0.5) is 0 Å². The summed E-state index contributed by atoms with van der Waals surface area (Å²) in [7, 11) is 0. The Morgan fingerprint density at radius 2 is 2.05 bits per heavy atom. The quantitative estimate of drug-likeness (QED) is 0.786. The van der Waals surface area contributed by atoms with Crippen molar-refractivity contribution < 1.29 is 4.79 Å². The maximum Gasteiger partial charge on any atom is 0.254 e. The van der Waals surface area contributed by atoms with E-state index in [0.29, 0.717) is 16.8 Å². The molecule has 5 heteroatoms. The number of rotatable bonds is 2. The summed E-state index contributed by atoms with van der Waals surface area (Å²) in [6.45, 7) is 4.07. The van der Waals surface area contributed by atoms with E-state index in [4.69, 9.17) is 11.6 Å². The van der Waals surface area contributed by atoms with Crippen molar-refractivity contribution in [3.05, 3.63) is 29.0 Å². The van der Waals surface area contributed by atoms with E-state index in [9.17, 15) is 4.79 Å². The first-order valence-electron chi connectivity index (χ1n) is 7.39. The third-order valence-electron chi connectivity index (χ3n) is 4.31. The number of carbonyl (C=O) groups excluding carboxylic acids is 1. The van der Waals surface area contributed by atoms with E-state index in [1.807, 2.05) is 4.90 Å². The molecule has 108 valence electrons. The molecule has 1 amide bonds. The van der Waals surface area contributed by atoms with Crippen LogP contribution >= 0.6 is 11.6 Å². The number of aromatic nitrogens is 1. The maximum absolute atomic E-state index is 12.5. The lowest BCUT2D eigenvalue weighted by atomic mass is 10.0. The minimum Gasteiger partial charge on any atom is -0.337 e. The number of hydrogen-bond acceptors (Lipinski definition) is 3. The second-order valence-electron chi connectivity index (χ2n) is 5.66. The van der Waals surface area contributed by atoms with Crippen LogP contribution in [0.2, 0.25) is 5.15 Å². The zero-order valence-corrected chi connectivity index (χ0v) is 12.4. The van der Waals surface area contributed by atoms with Gasteiger partial charge in [-0.3, -0.25) is 9.69 Å². The topological polar surface area (TPSA) is 36.4 Å². The number of hydrogen-bond donors (Lipinski definition) is 0. The van der Waals surface area contributed by atoms with Gasteiger partial charge in [-0.2, -0.15) is 0 Å². The number of amides is 1. The van der Waals surface area contributed by atoms with Gasteiger partial charge in [0, 0.05) is 30.9 Å². The monoisotopic (exact) mass is 293 g/mol. The van der Waals surface area contributed by atoms with Crippen LogP contribution in [0.1, 0.15) is 36.0 Å². The summed E-state index contributed by atoms with van der Waals surface area (Å²) in [4.78, 5) is 21.0. The Morgan fingerprint density at radius 3 is 2.80 bits per heavy atom. The van der Waals surface area contributed by atoms with Gasteiger partial charge in [0.15, 0.2) is 0 Å². The first-order chi connectivity index (χ1) is 9.74. The van der Waals surface area contributed by atoms with Gasteiger partial charge >= 0.3 is 0 Å². The van der Waals surface area contributed by atoms with Crippen molar-refractivity contribution in [3.8, 4) is 0 Å². The molecule has 1 atom stereocenters. The minimum absolute atomic E-state index is 0.0817. The molecule has 4 nitrogen and oxygen atoms in total. The Balaban J connectivity index is 1.68. The van der Waals surface area contributed by atoms with Crippen LogP contribution in [0, 0.1) is 0 Å². The van der Waals surface area contributed by atoms with Crippen LogP contribution in [0.15, 0.2) is 18.3 Å². The molecule has 0 N–H and O–H groups in total. The van der Waals surface area contributed by atoms with Crippen LogP contribution in [-0.4, -0.2) is 52.9 Å². The molecule has 0 saturated carbocycles. The van der Waals surface area contributed by atoms with E-state index >= 15 is 0 Å². The van der Waals surface area contributed by atoms with Gasteiger partial charge in [0.2, 0.25) is 0 Å². The van der Waals surface area contributed by atoms with Gasteiger partial charge in [0.05, 0.1) is 0 Å². The molecule has 3 rings (SSSR count). The van der Waals surface area contributed by atoms with E-state index < -0.39 is 0 Å². The molecular formula is C15H20ClN3O. The van der Waals surface area contributed by atoms with Gasteiger partial charge in [-0.25, -0.2) is 4.98 Å². The van der Waals surface area contributed by atoms with Gasteiger partial charge in [-0.1, -0.05) is 11.6 Å². The van der Waals surface area contributed by atoms with Gasteiger partial charge in [0.25, 0.3) is 5.91 Å². The lowest BCUT2D eigenvalue weighted by Gasteiger charge is -2.37. The molecule has 1 aromatic rings. The third kappa shape index (κ3) is 2.96. The molecule has 0 radical (unpaired) electrons. The second kappa shape index (κ2) is 6.10. The summed E-state index contributed by atoms with van der Waals surface area (Å²) >= 11 is 5.87. The van der Waals surface area contributed by atoms with E-state index in [1.165, 1.54) is 32.4 Å². The zero-order valence-electron chi connectivity index (χ0n) is 11.6. The maximum atomic E-state index is 12.5. The van der Waals surface area contributed by atoms with Crippen molar-refractivity contribution in [1.29, 1.82) is 0 Å². The van der Waals surface area contributed by atoms with Crippen molar-refractivity contribution >= 4 is 17.5 Å². The highest BCUT2D eigenvalue weighted by atomic mass is 35.5. The Morgan fingerprint density at radius 1 is 1.25 bits per heavy atom. The van der Waals surface area contributed by atoms with Gasteiger partial charge in [-0.15, -0.1) is 0 Å². The molecule has 20 heavy (non-hydrogen) atoms. The smallest absolute Gasteiger partial charge is 0.254 e. The van der Waals surface area contributed by atoms with E-state index in [2.05, 4.69) is 9.88 Å².